The molecule has 3 nitrogen and oxygen atoms in total. The molecule has 1 N–H and O–H groups in total. The Hall–Kier alpha value is -0.900. The van der Waals surface area contributed by atoms with Gasteiger partial charge in [0.05, 0.1) is 0 Å². The van der Waals surface area contributed by atoms with E-state index in [1.54, 1.807) is 0 Å². The fourth-order valence-electron chi connectivity index (χ4n) is 3.48. The topological polar surface area (TPSA) is 18.5 Å². The van der Waals surface area contributed by atoms with Crippen molar-refractivity contribution in [1.29, 1.82) is 0 Å². The molecular formula is C17H27N3. The third-order valence-corrected chi connectivity index (χ3v) is 4.79. The van der Waals surface area contributed by atoms with E-state index in [-0.39, 0.29) is 0 Å². The van der Waals surface area contributed by atoms with Crippen LogP contribution in [0.25, 0.3) is 0 Å². The van der Waals surface area contributed by atoms with E-state index in [2.05, 4.69) is 53.2 Å². The monoisotopic (exact) mass is 273 g/mol. The first-order valence-electron chi connectivity index (χ1n) is 8.01. The molecule has 1 saturated heterocycles. The van der Waals surface area contributed by atoms with Crippen LogP contribution >= 0.6 is 0 Å². The maximum atomic E-state index is 3.70. The fourth-order valence-corrected chi connectivity index (χ4v) is 3.48. The van der Waals surface area contributed by atoms with Crippen LogP contribution in [0.4, 0.5) is 0 Å². The van der Waals surface area contributed by atoms with Crippen molar-refractivity contribution in [2.24, 2.45) is 0 Å². The summed E-state index contributed by atoms with van der Waals surface area (Å²) in [5, 5.41) is 3.70. The summed E-state index contributed by atoms with van der Waals surface area (Å²) >= 11 is 0. The summed E-state index contributed by atoms with van der Waals surface area (Å²) < 4.78 is 0. The van der Waals surface area contributed by atoms with Gasteiger partial charge in [-0.2, -0.15) is 0 Å². The van der Waals surface area contributed by atoms with Gasteiger partial charge in [-0.15, -0.1) is 0 Å². The van der Waals surface area contributed by atoms with E-state index in [1.165, 1.54) is 43.7 Å². The van der Waals surface area contributed by atoms with Gasteiger partial charge in [0.25, 0.3) is 0 Å². The second-order valence-corrected chi connectivity index (χ2v) is 6.39. The molecule has 0 aromatic heterocycles. The lowest BCUT2D eigenvalue weighted by Gasteiger charge is -2.39. The first-order chi connectivity index (χ1) is 9.74. The van der Waals surface area contributed by atoms with Crippen LogP contribution in [0.5, 0.6) is 0 Å². The van der Waals surface area contributed by atoms with Crippen molar-refractivity contribution >= 4 is 0 Å². The summed E-state index contributed by atoms with van der Waals surface area (Å²) in [6, 6.07) is 10.1. The number of hydrogen-bond acceptors (Lipinski definition) is 3. The zero-order valence-corrected chi connectivity index (χ0v) is 12.8. The van der Waals surface area contributed by atoms with Crippen LogP contribution < -0.4 is 5.32 Å². The Kier molecular flexibility index (Phi) is 4.39. The molecule has 110 valence electrons. The average Bonchev–Trinajstić information content (AvgIpc) is 2.48. The quantitative estimate of drug-likeness (QED) is 0.907. The van der Waals surface area contributed by atoms with Crippen molar-refractivity contribution in [1.82, 2.24) is 15.1 Å². The minimum absolute atomic E-state index is 0.519. The summed E-state index contributed by atoms with van der Waals surface area (Å²) in [6.45, 7) is 11.7. The Balaban J connectivity index is 1.60. The zero-order valence-electron chi connectivity index (χ0n) is 12.8. The number of rotatable bonds is 3. The molecule has 3 rings (SSSR count). The minimum Gasteiger partial charge on any atom is -0.309 e. The van der Waals surface area contributed by atoms with Gasteiger partial charge in [0.2, 0.25) is 0 Å². The highest BCUT2D eigenvalue weighted by Crippen LogP contribution is 2.23. The van der Waals surface area contributed by atoms with Crippen LogP contribution in [0.2, 0.25) is 0 Å². The smallest absolute Gasteiger partial charge is 0.0452 e. The van der Waals surface area contributed by atoms with Gasteiger partial charge < -0.3 is 5.32 Å². The van der Waals surface area contributed by atoms with Gasteiger partial charge in [-0.1, -0.05) is 24.3 Å². The Morgan fingerprint density at radius 3 is 2.65 bits per heavy atom. The predicted octanol–water partition coefficient (Wildman–Crippen LogP) is 1.90. The van der Waals surface area contributed by atoms with E-state index < -0.39 is 0 Å². The first kappa shape index (κ1) is 14.1. The van der Waals surface area contributed by atoms with Gasteiger partial charge in [-0.25, -0.2) is 0 Å². The van der Waals surface area contributed by atoms with Gasteiger partial charge in [0.1, 0.15) is 0 Å². The molecule has 3 heteroatoms. The molecule has 1 unspecified atom stereocenters. The SMILES string of the molecule is CC(C)N1CCN(CC2NCCc3ccccc32)CC1. The fraction of sp³-hybridized carbons (Fsp3) is 0.647. The minimum atomic E-state index is 0.519. The molecule has 1 atom stereocenters. The van der Waals surface area contributed by atoms with Crippen LogP contribution in [0.15, 0.2) is 24.3 Å². The summed E-state index contributed by atoms with van der Waals surface area (Å²) in [5.41, 5.74) is 3.06. The number of nitrogens with one attached hydrogen (secondary N) is 1. The molecule has 0 amide bonds. The third-order valence-electron chi connectivity index (χ3n) is 4.79. The lowest BCUT2D eigenvalue weighted by Crippen LogP contribution is -2.51. The maximum absolute atomic E-state index is 3.70. The molecule has 1 fully saturated rings. The van der Waals surface area contributed by atoms with Crippen LogP contribution in [0.3, 0.4) is 0 Å². The highest BCUT2D eigenvalue weighted by Gasteiger charge is 2.24. The summed E-state index contributed by atoms with van der Waals surface area (Å²) in [5.74, 6) is 0. The molecule has 2 aliphatic rings. The molecule has 0 aliphatic carbocycles. The zero-order chi connectivity index (χ0) is 13.9. The first-order valence-corrected chi connectivity index (χ1v) is 8.01. The lowest BCUT2D eigenvalue weighted by molar-refractivity contribution is 0.100. The Bertz CT molecular complexity index is 436. The number of piperazine rings is 1. The lowest BCUT2D eigenvalue weighted by atomic mass is 9.94. The Morgan fingerprint density at radius 2 is 1.90 bits per heavy atom. The van der Waals surface area contributed by atoms with E-state index in [0.29, 0.717) is 12.1 Å². The molecular weight excluding hydrogens is 246 g/mol. The standard InChI is InChI=1S/C17H27N3/c1-14(2)20-11-9-19(10-12-20)13-17-16-6-4-3-5-15(16)7-8-18-17/h3-6,14,17-18H,7-13H2,1-2H3. The van der Waals surface area contributed by atoms with Crippen molar-refractivity contribution in [3.8, 4) is 0 Å². The van der Waals surface area contributed by atoms with Crippen molar-refractivity contribution in [3.63, 3.8) is 0 Å². The van der Waals surface area contributed by atoms with Gasteiger partial charge in [0.15, 0.2) is 0 Å². The predicted molar refractivity (Wildman–Crippen MR) is 84.0 cm³/mol. The molecule has 2 aliphatic heterocycles. The summed E-state index contributed by atoms with van der Waals surface area (Å²) in [7, 11) is 0. The normalized spacial score (nSPS) is 24.9. The van der Waals surface area contributed by atoms with Crippen molar-refractivity contribution < 1.29 is 0 Å². The second kappa shape index (κ2) is 6.25. The highest BCUT2D eigenvalue weighted by atomic mass is 15.3. The summed E-state index contributed by atoms with van der Waals surface area (Å²) in [4.78, 5) is 5.21. The second-order valence-electron chi connectivity index (χ2n) is 6.39. The number of benzene rings is 1. The molecule has 0 spiro atoms. The Morgan fingerprint density at radius 1 is 1.15 bits per heavy atom. The number of hydrogen-bond donors (Lipinski definition) is 1. The van der Waals surface area contributed by atoms with Crippen LogP contribution in [-0.4, -0.2) is 55.1 Å². The highest BCUT2D eigenvalue weighted by molar-refractivity contribution is 5.32. The van der Waals surface area contributed by atoms with E-state index in [9.17, 15) is 0 Å². The van der Waals surface area contributed by atoms with E-state index in [0.717, 1.165) is 13.1 Å². The molecule has 0 radical (unpaired) electrons. The molecule has 0 saturated carbocycles. The molecule has 2 heterocycles. The average molecular weight is 273 g/mol. The van der Waals surface area contributed by atoms with Crippen LogP contribution in [0.1, 0.15) is 31.0 Å². The number of fused-ring (bicyclic) bond motifs is 1. The van der Waals surface area contributed by atoms with Crippen LogP contribution in [0, 0.1) is 0 Å². The summed E-state index contributed by atoms with van der Waals surface area (Å²) in [6.07, 6.45) is 1.17. The third kappa shape index (κ3) is 3.05. The molecule has 1 aromatic carbocycles. The van der Waals surface area contributed by atoms with Crippen molar-refractivity contribution in [3.05, 3.63) is 35.4 Å². The molecule has 20 heavy (non-hydrogen) atoms. The largest absolute Gasteiger partial charge is 0.309 e. The van der Waals surface area contributed by atoms with E-state index >= 15 is 0 Å². The van der Waals surface area contributed by atoms with Gasteiger partial charge in [-0.05, 0) is 37.9 Å². The van der Waals surface area contributed by atoms with Gasteiger partial charge in [-0.3, -0.25) is 9.80 Å². The van der Waals surface area contributed by atoms with E-state index in [1.807, 2.05) is 0 Å². The number of nitrogens with zero attached hydrogens (tertiary/aromatic N) is 2. The van der Waals surface area contributed by atoms with Crippen molar-refractivity contribution in [2.45, 2.75) is 32.4 Å². The van der Waals surface area contributed by atoms with E-state index in [4.69, 9.17) is 0 Å². The van der Waals surface area contributed by atoms with Crippen LogP contribution in [-0.2, 0) is 6.42 Å². The Labute approximate surface area is 123 Å². The van der Waals surface area contributed by atoms with Gasteiger partial charge >= 0.3 is 0 Å². The molecule has 0 bridgehead atoms. The van der Waals surface area contributed by atoms with Gasteiger partial charge in [0, 0.05) is 44.8 Å². The van der Waals surface area contributed by atoms with Crippen molar-refractivity contribution in [2.75, 3.05) is 39.3 Å². The molecule has 1 aromatic rings. The maximum Gasteiger partial charge on any atom is 0.0452 e.